The van der Waals surface area contributed by atoms with Crippen LogP contribution in [-0.4, -0.2) is 36.8 Å². The summed E-state index contributed by atoms with van der Waals surface area (Å²) in [6, 6.07) is 0.318. The summed E-state index contributed by atoms with van der Waals surface area (Å²) in [5, 5.41) is 5.24. The highest BCUT2D eigenvalue weighted by molar-refractivity contribution is 8.12. The summed E-state index contributed by atoms with van der Waals surface area (Å²) in [4.78, 5) is 4.07. The average Bonchev–Trinajstić information content (AvgIpc) is 2.97. The maximum absolute atomic E-state index is 5.26. The highest BCUT2D eigenvalue weighted by atomic mass is 32.1. The van der Waals surface area contributed by atoms with Crippen LogP contribution in [0.1, 0.15) is 12.8 Å². The summed E-state index contributed by atoms with van der Waals surface area (Å²) in [7, 11) is 0. The van der Waals surface area contributed by atoms with Gasteiger partial charge in [-0.25, -0.2) is 4.98 Å². The van der Waals surface area contributed by atoms with E-state index < -0.39 is 0 Å². The number of rotatable bonds is 2. The lowest BCUT2D eigenvalue weighted by molar-refractivity contribution is 0.0808. The normalized spacial score (nSPS) is 15.7. The lowest BCUT2D eigenvalue weighted by Gasteiger charge is -2.38. The van der Waals surface area contributed by atoms with Crippen molar-refractivity contribution in [2.45, 2.75) is 12.8 Å². The molecule has 0 aliphatic carbocycles. The minimum Gasteiger partial charge on any atom is -0.431 e. The van der Waals surface area contributed by atoms with E-state index in [9.17, 15) is 0 Å². The number of hydrazine groups is 2. The maximum atomic E-state index is 5.26. The molecule has 0 N–H and O–H groups in total. The molecule has 0 saturated carbocycles. The van der Waals surface area contributed by atoms with Crippen molar-refractivity contribution in [1.82, 2.24) is 15.1 Å². The third-order valence-electron chi connectivity index (χ3n) is 2.49. The third-order valence-corrected chi connectivity index (χ3v) is 3.20. The Morgan fingerprint density at radius 1 is 1.28 bits per heavy atom. The second-order valence-electron chi connectivity index (χ2n) is 3.64. The van der Waals surface area contributed by atoms with Crippen LogP contribution in [0.15, 0.2) is 16.9 Å². The van der Waals surface area contributed by atoms with Gasteiger partial charge in [0.1, 0.15) is 6.26 Å². The highest BCUT2D eigenvalue weighted by Gasteiger charge is 2.30. The van der Waals surface area contributed by atoms with Gasteiger partial charge in [0, 0.05) is 13.1 Å². The zero-order chi connectivity index (χ0) is 13.1. The molecule has 0 spiro atoms. The van der Waals surface area contributed by atoms with Crippen LogP contribution in [0.25, 0.3) is 0 Å². The minimum atomic E-state index is 0.292. The second-order valence-corrected chi connectivity index (χ2v) is 5.87. The van der Waals surface area contributed by atoms with Crippen molar-refractivity contribution >= 4 is 64.3 Å². The van der Waals surface area contributed by atoms with Gasteiger partial charge in [0.25, 0.3) is 0 Å². The van der Waals surface area contributed by atoms with Crippen molar-refractivity contribution in [3.05, 3.63) is 12.5 Å². The highest BCUT2D eigenvalue weighted by Crippen LogP contribution is 2.22. The molecule has 0 atom stereocenters. The van der Waals surface area contributed by atoms with Crippen molar-refractivity contribution in [2.24, 2.45) is 0 Å². The lowest BCUT2D eigenvalue weighted by Crippen LogP contribution is -2.55. The first-order valence-electron chi connectivity index (χ1n) is 5.31. The summed E-state index contributed by atoms with van der Waals surface area (Å²) >= 11 is 18.7. The van der Waals surface area contributed by atoms with Gasteiger partial charge < -0.3 is 4.42 Å². The van der Waals surface area contributed by atoms with Gasteiger partial charge in [-0.05, 0) is 25.1 Å². The molecule has 9 heteroatoms. The molecule has 1 aromatic rings. The number of aromatic nitrogens is 1. The molecule has 1 saturated heterocycles. The fraction of sp³-hybridized carbons (Fsp3) is 0.444. The van der Waals surface area contributed by atoms with Crippen LogP contribution in [0, 0.1) is 0 Å². The monoisotopic (exact) mass is 320 g/mol. The topological polar surface area (TPSA) is 35.8 Å². The SMILES string of the molecule is S=C(S)N(c1ncco1)N(C(=S)S)N1CCCC1. The fourth-order valence-electron chi connectivity index (χ4n) is 1.79. The van der Waals surface area contributed by atoms with E-state index in [1.54, 1.807) is 5.12 Å². The van der Waals surface area contributed by atoms with E-state index in [2.05, 4.69) is 30.2 Å². The second kappa shape index (κ2) is 6.20. The van der Waals surface area contributed by atoms with Crippen LogP contribution in [-0.2, 0) is 0 Å². The Balaban J connectivity index is 2.31. The van der Waals surface area contributed by atoms with Gasteiger partial charge in [-0.1, -0.05) is 12.2 Å². The number of thiol groups is 2. The van der Waals surface area contributed by atoms with Gasteiger partial charge in [0.05, 0.1) is 6.20 Å². The predicted molar refractivity (Wildman–Crippen MR) is 84.8 cm³/mol. The van der Waals surface area contributed by atoms with Crippen molar-refractivity contribution in [3.63, 3.8) is 0 Å². The molecule has 0 radical (unpaired) electrons. The van der Waals surface area contributed by atoms with E-state index in [-0.39, 0.29) is 0 Å². The molecule has 0 bridgehead atoms. The number of anilines is 1. The molecule has 1 fully saturated rings. The number of oxazole rings is 1. The van der Waals surface area contributed by atoms with E-state index in [0.29, 0.717) is 14.7 Å². The Kier molecular flexibility index (Phi) is 4.84. The van der Waals surface area contributed by atoms with Crippen molar-refractivity contribution in [3.8, 4) is 0 Å². The van der Waals surface area contributed by atoms with E-state index in [4.69, 9.17) is 28.9 Å². The molecule has 0 aromatic carbocycles. The molecule has 98 valence electrons. The van der Waals surface area contributed by atoms with Crippen LogP contribution >= 0.6 is 49.7 Å². The molecule has 1 aromatic heterocycles. The predicted octanol–water partition coefficient (Wildman–Crippen LogP) is 2.14. The van der Waals surface area contributed by atoms with Gasteiger partial charge in [0.15, 0.2) is 8.64 Å². The zero-order valence-corrected chi connectivity index (χ0v) is 12.8. The summed E-state index contributed by atoms with van der Waals surface area (Å²) < 4.78 is 5.92. The number of nitrogens with zero attached hydrogens (tertiary/aromatic N) is 4. The third kappa shape index (κ3) is 2.97. The molecular weight excluding hydrogens is 308 g/mol. The minimum absolute atomic E-state index is 0.292. The Morgan fingerprint density at radius 3 is 2.39 bits per heavy atom. The Bertz CT molecular complexity index is 432. The largest absolute Gasteiger partial charge is 0.431 e. The first-order valence-corrected chi connectivity index (χ1v) is 7.02. The molecule has 1 aliphatic heterocycles. The first kappa shape index (κ1) is 14.1. The number of thiocarbonyl (C=S) groups is 2. The fourth-order valence-corrected chi connectivity index (χ4v) is 2.53. The van der Waals surface area contributed by atoms with E-state index in [1.807, 2.05) is 5.01 Å². The average molecular weight is 320 g/mol. The van der Waals surface area contributed by atoms with E-state index in [0.717, 1.165) is 25.9 Å². The number of hydrogen-bond donors (Lipinski definition) is 2. The molecule has 1 aliphatic rings. The van der Waals surface area contributed by atoms with Crippen LogP contribution in [0.5, 0.6) is 0 Å². The molecule has 18 heavy (non-hydrogen) atoms. The Morgan fingerprint density at radius 2 is 1.94 bits per heavy atom. The van der Waals surface area contributed by atoms with Crippen molar-refractivity contribution in [2.75, 3.05) is 18.1 Å². The summed E-state index contributed by atoms with van der Waals surface area (Å²) in [5.41, 5.74) is 0. The van der Waals surface area contributed by atoms with Crippen molar-refractivity contribution < 1.29 is 4.42 Å². The molecule has 2 rings (SSSR count). The van der Waals surface area contributed by atoms with Crippen LogP contribution < -0.4 is 5.01 Å². The van der Waals surface area contributed by atoms with Crippen LogP contribution in [0.2, 0.25) is 0 Å². The standard InChI is InChI=1S/C9H12N4OS4/c15-8(16)12(7-10-3-6-14-7)13(9(17)18)11-4-1-2-5-11/h3,6H,1-2,4-5H2,(H,15,16)(H,17,18). The van der Waals surface area contributed by atoms with Gasteiger partial charge in [-0.3, -0.25) is 0 Å². The van der Waals surface area contributed by atoms with Crippen LogP contribution in [0.3, 0.4) is 0 Å². The van der Waals surface area contributed by atoms with Crippen molar-refractivity contribution in [1.29, 1.82) is 0 Å². The first-order chi connectivity index (χ1) is 8.61. The molecular formula is C9H12N4OS4. The Hall–Kier alpha value is -0.350. The zero-order valence-electron chi connectivity index (χ0n) is 9.39. The molecule has 5 nitrogen and oxygen atoms in total. The summed E-state index contributed by atoms with van der Waals surface area (Å²) in [5.74, 6) is 0. The van der Waals surface area contributed by atoms with E-state index >= 15 is 0 Å². The quantitative estimate of drug-likeness (QED) is 0.491. The summed E-state index contributed by atoms with van der Waals surface area (Å²) in [6.07, 6.45) is 5.22. The molecule has 0 unspecified atom stereocenters. The molecule has 2 heterocycles. The van der Waals surface area contributed by atoms with Gasteiger partial charge in [0.2, 0.25) is 0 Å². The number of hydrogen-bond acceptors (Lipinski definition) is 5. The van der Waals surface area contributed by atoms with Gasteiger partial charge in [-0.15, -0.1) is 25.3 Å². The summed E-state index contributed by atoms with van der Waals surface area (Å²) in [6.45, 7) is 1.77. The molecule has 0 amide bonds. The van der Waals surface area contributed by atoms with E-state index in [1.165, 1.54) is 17.5 Å². The smallest absolute Gasteiger partial charge is 0.324 e. The van der Waals surface area contributed by atoms with Gasteiger partial charge in [-0.2, -0.15) is 15.1 Å². The van der Waals surface area contributed by atoms with Gasteiger partial charge >= 0.3 is 6.01 Å². The maximum Gasteiger partial charge on any atom is 0.324 e. The Labute approximate surface area is 127 Å². The lowest BCUT2D eigenvalue weighted by atomic mass is 10.4. The van der Waals surface area contributed by atoms with Crippen LogP contribution in [0.4, 0.5) is 6.01 Å².